The summed E-state index contributed by atoms with van der Waals surface area (Å²) in [7, 11) is 0. The van der Waals surface area contributed by atoms with E-state index >= 15 is 0 Å². The van der Waals surface area contributed by atoms with Crippen molar-refractivity contribution >= 4 is 23.3 Å². The molecule has 0 aliphatic rings. The first-order valence-electron chi connectivity index (χ1n) is 5.40. The maximum atomic E-state index is 11.8. The summed E-state index contributed by atoms with van der Waals surface area (Å²) >= 11 is 5.99. The van der Waals surface area contributed by atoms with Crippen LogP contribution in [0.1, 0.15) is 15.9 Å². The van der Waals surface area contributed by atoms with Gasteiger partial charge in [0.1, 0.15) is 5.82 Å². The molecular weight excluding hydrogens is 250 g/mol. The molecule has 0 atom stereocenters. The highest BCUT2D eigenvalue weighted by atomic mass is 35.5. The van der Waals surface area contributed by atoms with Gasteiger partial charge in [-0.25, -0.2) is 4.98 Å². The fourth-order valence-corrected chi connectivity index (χ4v) is 1.74. The number of pyridine rings is 1. The number of carbonyl (C=O) groups excluding carboxylic acids is 1. The largest absolute Gasteiger partial charge is 0.383 e. The molecule has 1 aromatic carbocycles. The first kappa shape index (κ1) is 12.4. The van der Waals surface area contributed by atoms with Gasteiger partial charge in [0.25, 0.3) is 5.91 Å². The molecule has 18 heavy (non-hydrogen) atoms. The van der Waals surface area contributed by atoms with Crippen LogP contribution >= 0.6 is 11.6 Å². The summed E-state index contributed by atoms with van der Waals surface area (Å²) in [5.74, 6) is 0.158. The Labute approximate surface area is 110 Å². The van der Waals surface area contributed by atoms with Crippen molar-refractivity contribution in [3.05, 3.63) is 58.7 Å². The van der Waals surface area contributed by atoms with E-state index in [4.69, 9.17) is 17.3 Å². The molecule has 0 unspecified atom stereocenters. The minimum Gasteiger partial charge on any atom is -0.383 e. The number of nitrogens with one attached hydrogen (secondary N) is 1. The number of carbonyl (C=O) groups is 1. The molecule has 1 heterocycles. The molecule has 2 rings (SSSR count). The Kier molecular flexibility index (Phi) is 3.79. The Morgan fingerprint density at radius 3 is 2.67 bits per heavy atom. The average Bonchev–Trinajstić information content (AvgIpc) is 2.39. The monoisotopic (exact) mass is 261 g/mol. The van der Waals surface area contributed by atoms with Crippen molar-refractivity contribution < 1.29 is 4.79 Å². The summed E-state index contributed by atoms with van der Waals surface area (Å²) in [6.45, 7) is 0.256. The maximum absolute atomic E-state index is 11.8. The second-order valence-electron chi connectivity index (χ2n) is 3.71. The van der Waals surface area contributed by atoms with Gasteiger partial charge in [-0.3, -0.25) is 4.79 Å². The highest BCUT2D eigenvalue weighted by Crippen LogP contribution is 2.19. The third-order valence-corrected chi connectivity index (χ3v) is 2.85. The van der Waals surface area contributed by atoms with Gasteiger partial charge in [0, 0.05) is 23.9 Å². The molecule has 0 radical (unpaired) electrons. The summed E-state index contributed by atoms with van der Waals surface area (Å²) < 4.78 is 0. The lowest BCUT2D eigenvalue weighted by atomic mass is 10.2. The first-order chi connectivity index (χ1) is 8.68. The van der Waals surface area contributed by atoms with E-state index in [1.807, 2.05) is 6.07 Å². The summed E-state index contributed by atoms with van der Waals surface area (Å²) in [4.78, 5) is 15.8. The van der Waals surface area contributed by atoms with Crippen LogP contribution in [-0.4, -0.2) is 10.9 Å². The molecule has 5 heteroatoms. The van der Waals surface area contributed by atoms with Crippen LogP contribution < -0.4 is 11.1 Å². The molecule has 3 N–H and O–H groups in total. The zero-order chi connectivity index (χ0) is 13.0. The van der Waals surface area contributed by atoms with E-state index in [9.17, 15) is 4.79 Å². The second kappa shape index (κ2) is 5.51. The smallest absolute Gasteiger partial charge is 0.251 e. The van der Waals surface area contributed by atoms with Gasteiger partial charge in [-0.2, -0.15) is 0 Å². The zero-order valence-corrected chi connectivity index (χ0v) is 10.3. The predicted molar refractivity (Wildman–Crippen MR) is 71.3 cm³/mol. The Bertz CT molecular complexity index is 537. The van der Waals surface area contributed by atoms with Crippen LogP contribution in [0, 0.1) is 0 Å². The fourth-order valence-electron chi connectivity index (χ4n) is 1.52. The molecule has 1 aromatic heterocycles. The second-order valence-corrected chi connectivity index (χ2v) is 4.11. The van der Waals surface area contributed by atoms with E-state index in [0.29, 0.717) is 22.0 Å². The third-order valence-electron chi connectivity index (χ3n) is 2.49. The van der Waals surface area contributed by atoms with E-state index < -0.39 is 0 Å². The van der Waals surface area contributed by atoms with Gasteiger partial charge in [0.05, 0.1) is 5.02 Å². The number of nitrogen functional groups attached to an aromatic ring is 1. The normalized spacial score (nSPS) is 10.1. The number of rotatable bonds is 3. The summed E-state index contributed by atoms with van der Waals surface area (Å²) in [6.07, 6.45) is 1.53. The maximum Gasteiger partial charge on any atom is 0.251 e. The summed E-state index contributed by atoms with van der Waals surface area (Å²) in [5.41, 5.74) is 6.92. The van der Waals surface area contributed by atoms with Crippen LogP contribution in [0.2, 0.25) is 5.02 Å². The van der Waals surface area contributed by atoms with Crippen molar-refractivity contribution in [1.82, 2.24) is 10.3 Å². The molecule has 0 saturated carbocycles. The number of nitrogens with two attached hydrogens (primary N) is 1. The van der Waals surface area contributed by atoms with Crippen molar-refractivity contribution in [1.29, 1.82) is 0 Å². The highest BCUT2D eigenvalue weighted by molar-refractivity contribution is 6.31. The molecule has 0 saturated heterocycles. The molecule has 0 bridgehead atoms. The van der Waals surface area contributed by atoms with Crippen molar-refractivity contribution in [2.45, 2.75) is 6.54 Å². The highest BCUT2D eigenvalue weighted by Gasteiger charge is 2.08. The lowest BCUT2D eigenvalue weighted by molar-refractivity contribution is 0.0951. The van der Waals surface area contributed by atoms with Gasteiger partial charge in [-0.15, -0.1) is 0 Å². The predicted octanol–water partition coefficient (Wildman–Crippen LogP) is 2.25. The molecule has 0 aliphatic heterocycles. The van der Waals surface area contributed by atoms with Crippen LogP contribution in [0.5, 0.6) is 0 Å². The minimum atomic E-state index is -0.171. The van der Waals surface area contributed by atoms with Crippen molar-refractivity contribution in [3.8, 4) is 0 Å². The molecule has 0 aliphatic carbocycles. The lowest BCUT2D eigenvalue weighted by Gasteiger charge is -2.08. The van der Waals surface area contributed by atoms with E-state index in [0.717, 1.165) is 0 Å². The number of amides is 1. The number of nitrogens with zero attached hydrogens (tertiary/aromatic N) is 1. The van der Waals surface area contributed by atoms with Crippen LogP contribution in [0.3, 0.4) is 0 Å². The van der Waals surface area contributed by atoms with Crippen LogP contribution in [0.4, 0.5) is 5.82 Å². The first-order valence-corrected chi connectivity index (χ1v) is 5.78. The van der Waals surface area contributed by atoms with Crippen molar-refractivity contribution in [3.63, 3.8) is 0 Å². The third kappa shape index (κ3) is 2.78. The Hall–Kier alpha value is -2.07. The minimum absolute atomic E-state index is 0.171. The summed E-state index contributed by atoms with van der Waals surface area (Å²) in [6, 6.07) is 10.6. The van der Waals surface area contributed by atoms with Crippen molar-refractivity contribution in [2.75, 3.05) is 5.73 Å². The number of aromatic nitrogens is 1. The Balaban J connectivity index is 2.07. The van der Waals surface area contributed by atoms with E-state index in [1.54, 1.807) is 30.3 Å². The quantitative estimate of drug-likeness (QED) is 0.890. The number of benzene rings is 1. The SMILES string of the molecule is Nc1nccc(Cl)c1CNC(=O)c1ccccc1. The molecule has 0 fully saturated rings. The van der Waals surface area contributed by atoms with E-state index in [-0.39, 0.29) is 12.5 Å². The molecule has 1 amide bonds. The number of anilines is 1. The van der Waals surface area contributed by atoms with Crippen LogP contribution in [-0.2, 0) is 6.54 Å². The number of halogens is 1. The standard InChI is InChI=1S/C13H12ClN3O/c14-11-6-7-16-12(15)10(11)8-17-13(18)9-4-2-1-3-5-9/h1-7H,8H2,(H2,15,16)(H,17,18). The molecule has 92 valence electrons. The van der Waals surface area contributed by atoms with Gasteiger partial charge in [-0.1, -0.05) is 29.8 Å². The zero-order valence-electron chi connectivity index (χ0n) is 9.56. The number of hydrogen-bond acceptors (Lipinski definition) is 3. The van der Waals surface area contributed by atoms with Gasteiger partial charge in [-0.05, 0) is 18.2 Å². The molecule has 4 nitrogen and oxygen atoms in total. The van der Waals surface area contributed by atoms with Gasteiger partial charge < -0.3 is 11.1 Å². The number of hydrogen-bond donors (Lipinski definition) is 2. The fraction of sp³-hybridized carbons (Fsp3) is 0.0769. The van der Waals surface area contributed by atoms with Gasteiger partial charge in [0.15, 0.2) is 0 Å². The molecule has 2 aromatic rings. The van der Waals surface area contributed by atoms with Crippen LogP contribution in [0.15, 0.2) is 42.6 Å². The molecular formula is C13H12ClN3O. The topological polar surface area (TPSA) is 68.0 Å². The van der Waals surface area contributed by atoms with Crippen molar-refractivity contribution in [2.24, 2.45) is 0 Å². The van der Waals surface area contributed by atoms with Gasteiger partial charge in [0.2, 0.25) is 0 Å². The average molecular weight is 262 g/mol. The van der Waals surface area contributed by atoms with E-state index in [2.05, 4.69) is 10.3 Å². The molecule has 0 spiro atoms. The Morgan fingerprint density at radius 1 is 1.28 bits per heavy atom. The Morgan fingerprint density at radius 2 is 2.00 bits per heavy atom. The van der Waals surface area contributed by atoms with Crippen LogP contribution in [0.25, 0.3) is 0 Å². The lowest BCUT2D eigenvalue weighted by Crippen LogP contribution is -2.23. The van der Waals surface area contributed by atoms with Gasteiger partial charge >= 0.3 is 0 Å². The summed E-state index contributed by atoms with van der Waals surface area (Å²) in [5, 5.41) is 3.25. The van der Waals surface area contributed by atoms with E-state index in [1.165, 1.54) is 6.20 Å².